The van der Waals surface area contributed by atoms with Crippen LogP contribution in [0.2, 0.25) is 0 Å². The molecule has 2 aromatic rings. The van der Waals surface area contributed by atoms with E-state index in [1.807, 2.05) is 30.3 Å². The van der Waals surface area contributed by atoms with Crippen molar-refractivity contribution in [2.24, 2.45) is 17.6 Å². The summed E-state index contributed by atoms with van der Waals surface area (Å²) in [5, 5.41) is 3.64. The Balaban J connectivity index is 1.54. The number of esters is 1. The molecule has 174 valence electrons. The molecule has 1 aromatic heterocycles. The summed E-state index contributed by atoms with van der Waals surface area (Å²) in [7, 11) is 0. The molecule has 1 unspecified atom stereocenters. The predicted molar refractivity (Wildman–Crippen MR) is 114 cm³/mol. The number of likely N-dealkylation sites (tertiary alicyclic amines) is 1. The smallest absolute Gasteiger partial charge is 0.438 e. The number of rotatable bonds is 10. The van der Waals surface area contributed by atoms with Crippen molar-refractivity contribution in [1.82, 2.24) is 15.0 Å². The first-order valence-electron chi connectivity index (χ1n) is 10.9. The maximum Gasteiger partial charge on any atom is 0.438 e. The first-order chi connectivity index (χ1) is 15.5. The van der Waals surface area contributed by atoms with Gasteiger partial charge in [0.05, 0.1) is 12.5 Å². The van der Waals surface area contributed by atoms with Crippen molar-refractivity contribution in [3.63, 3.8) is 0 Å². The fraction of sp³-hybridized carbons (Fsp3) is 0.545. The van der Waals surface area contributed by atoms with Crippen LogP contribution < -0.4 is 11.5 Å². The maximum atomic E-state index is 12.6. The third-order valence-corrected chi connectivity index (χ3v) is 5.65. The van der Waals surface area contributed by atoms with Crippen LogP contribution in [-0.2, 0) is 27.3 Å². The molecule has 3 N–H and O–H groups in total. The Morgan fingerprint density at radius 3 is 2.72 bits per heavy atom. The van der Waals surface area contributed by atoms with E-state index in [2.05, 4.69) is 14.7 Å². The van der Waals surface area contributed by atoms with Crippen LogP contribution in [0.15, 0.2) is 39.6 Å². The van der Waals surface area contributed by atoms with E-state index in [1.165, 1.54) is 0 Å². The Morgan fingerprint density at radius 1 is 1.25 bits per heavy atom. The normalized spacial score (nSPS) is 19.0. The first-order valence-corrected chi connectivity index (χ1v) is 10.9. The minimum Gasteiger partial charge on any atom is -0.466 e. The number of nitrogens with zero attached hydrogens (tertiary/aromatic N) is 2. The molecule has 0 radical (unpaired) electrons. The monoisotopic (exact) mass is 446 g/mol. The largest absolute Gasteiger partial charge is 0.466 e. The number of H-pyrrole nitrogens is 1. The SMILES string of the molecule is CCOC(=O)C(CCCCc1noc(=O)[nH]1)[C@@H]1CN(C(=O)OCc2ccccc2)C[C@H]1N. The molecular weight excluding hydrogens is 416 g/mol. The second-order valence-electron chi connectivity index (χ2n) is 7.92. The van der Waals surface area contributed by atoms with Crippen LogP contribution in [0.5, 0.6) is 0 Å². The summed E-state index contributed by atoms with van der Waals surface area (Å²) in [5.41, 5.74) is 7.23. The standard InChI is InChI=1S/C22H30N4O6/c1-2-30-20(27)16(10-6-7-11-19-24-21(28)32-25-19)17-12-26(13-18(17)23)22(29)31-14-15-8-4-3-5-9-15/h3-5,8-9,16-18H,2,6-7,10-14,23H2,1H3,(H,24,25,28)/t16?,17-,18+/m0/s1. The van der Waals surface area contributed by atoms with Crippen LogP contribution in [0.3, 0.4) is 0 Å². The van der Waals surface area contributed by atoms with E-state index >= 15 is 0 Å². The van der Waals surface area contributed by atoms with E-state index in [0.717, 1.165) is 5.56 Å². The zero-order valence-corrected chi connectivity index (χ0v) is 18.2. The van der Waals surface area contributed by atoms with Crippen molar-refractivity contribution in [3.8, 4) is 0 Å². The Bertz CT molecular complexity index is 928. The molecular formula is C22H30N4O6. The second kappa shape index (κ2) is 11.5. The van der Waals surface area contributed by atoms with E-state index in [9.17, 15) is 14.4 Å². The van der Waals surface area contributed by atoms with Gasteiger partial charge in [0.1, 0.15) is 6.61 Å². The zero-order chi connectivity index (χ0) is 22.9. The van der Waals surface area contributed by atoms with Gasteiger partial charge in [-0.25, -0.2) is 9.59 Å². The molecule has 1 saturated heterocycles. The lowest BCUT2D eigenvalue weighted by atomic mass is 9.84. The number of ether oxygens (including phenoxy) is 2. The molecule has 1 aliphatic heterocycles. The minimum atomic E-state index is -0.583. The van der Waals surface area contributed by atoms with Gasteiger partial charge in [0.25, 0.3) is 0 Å². The van der Waals surface area contributed by atoms with E-state index in [0.29, 0.717) is 44.6 Å². The van der Waals surface area contributed by atoms with Gasteiger partial charge < -0.3 is 20.1 Å². The number of nitrogens with two attached hydrogens (primary N) is 1. The molecule has 3 rings (SSSR count). The number of aromatic nitrogens is 2. The number of aromatic amines is 1. The molecule has 1 aliphatic rings. The Kier molecular flexibility index (Phi) is 8.43. The Labute approximate surface area is 186 Å². The van der Waals surface area contributed by atoms with Gasteiger partial charge in [0, 0.05) is 31.5 Å². The molecule has 0 bridgehead atoms. The van der Waals surface area contributed by atoms with Crippen molar-refractivity contribution in [1.29, 1.82) is 0 Å². The van der Waals surface area contributed by atoms with Crippen molar-refractivity contribution < 1.29 is 23.6 Å². The lowest BCUT2D eigenvalue weighted by Gasteiger charge is -2.24. The quantitative estimate of drug-likeness (QED) is 0.416. The number of aryl methyl sites for hydroxylation is 1. The first kappa shape index (κ1) is 23.5. The fourth-order valence-electron chi connectivity index (χ4n) is 4.02. The molecule has 1 aromatic carbocycles. The highest BCUT2D eigenvalue weighted by molar-refractivity contribution is 5.74. The highest BCUT2D eigenvalue weighted by Gasteiger charge is 2.41. The van der Waals surface area contributed by atoms with Crippen molar-refractivity contribution in [3.05, 3.63) is 52.3 Å². The topological polar surface area (TPSA) is 141 Å². The van der Waals surface area contributed by atoms with Gasteiger partial charge in [0.2, 0.25) is 0 Å². The summed E-state index contributed by atoms with van der Waals surface area (Å²) >= 11 is 0. The third-order valence-electron chi connectivity index (χ3n) is 5.65. The van der Waals surface area contributed by atoms with Gasteiger partial charge in [0.15, 0.2) is 5.82 Å². The summed E-state index contributed by atoms with van der Waals surface area (Å²) in [6.45, 7) is 2.89. The van der Waals surface area contributed by atoms with Crippen LogP contribution in [-0.4, -0.2) is 52.8 Å². The summed E-state index contributed by atoms with van der Waals surface area (Å²) in [6.07, 6.45) is 2.08. The predicted octanol–water partition coefficient (Wildman–Crippen LogP) is 1.85. The number of amides is 1. The number of hydrogen-bond acceptors (Lipinski definition) is 8. The van der Waals surface area contributed by atoms with E-state index in [4.69, 9.17) is 15.2 Å². The minimum absolute atomic E-state index is 0.182. The summed E-state index contributed by atoms with van der Waals surface area (Å²) < 4.78 is 15.2. The number of hydrogen-bond donors (Lipinski definition) is 2. The van der Waals surface area contributed by atoms with E-state index < -0.39 is 17.8 Å². The average Bonchev–Trinajstić information content (AvgIpc) is 3.38. The zero-order valence-electron chi connectivity index (χ0n) is 18.2. The number of carbonyl (C=O) groups excluding carboxylic acids is 2. The molecule has 0 spiro atoms. The van der Waals surface area contributed by atoms with Crippen LogP contribution >= 0.6 is 0 Å². The molecule has 1 fully saturated rings. The second-order valence-corrected chi connectivity index (χ2v) is 7.92. The van der Waals surface area contributed by atoms with Crippen molar-refractivity contribution >= 4 is 12.1 Å². The number of unbranched alkanes of at least 4 members (excludes halogenated alkanes) is 1. The van der Waals surface area contributed by atoms with Gasteiger partial charge >= 0.3 is 17.8 Å². The molecule has 1 amide bonds. The van der Waals surface area contributed by atoms with Crippen molar-refractivity contribution in [2.75, 3.05) is 19.7 Å². The van der Waals surface area contributed by atoms with Gasteiger partial charge in [-0.1, -0.05) is 41.9 Å². The lowest BCUT2D eigenvalue weighted by molar-refractivity contribution is -0.150. The van der Waals surface area contributed by atoms with Crippen molar-refractivity contribution in [2.45, 2.75) is 45.3 Å². The van der Waals surface area contributed by atoms with Crippen LogP contribution in [0.1, 0.15) is 37.6 Å². The van der Waals surface area contributed by atoms with E-state index in [-0.39, 0.29) is 31.1 Å². The van der Waals surface area contributed by atoms with Gasteiger partial charge in [-0.15, -0.1) is 0 Å². The Hall–Kier alpha value is -3.14. The Morgan fingerprint density at radius 2 is 2.03 bits per heavy atom. The van der Waals surface area contributed by atoms with Gasteiger partial charge in [-0.05, 0) is 25.3 Å². The molecule has 0 saturated carbocycles. The highest BCUT2D eigenvalue weighted by atomic mass is 16.6. The van der Waals surface area contributed by atoms with Crippen LogP contribution in [0.25, 0.3) is 0 Å². The molecule has 2 heterocycles. The molecule has 10 heteroatoms. The van der Waals surface area contributed by atoms with Crippen LogP contribution in [0, 0.1) is 11.8 Å². The number of benzene rings is 1. The maximum absolute atomic E-state index is 12.6. The van der Waals surface area contributed by atoms with E-state index in [1.54, 1.807) is 11.8 Å². The average molecular weight is 447 g/mol. The van der Waals surface area contributed by atoms with Gasteiger partial charge in [-0.2, -0.15) is 0 Å². The molecule has 32 heavy (non-hydrogen) atoms. The third kappa shape index (κ3) is 6.43. The summed E-state index contributed by atoms with van der Waals surface area (Å²) in [6, 6.07) is 9.09. The summed E-state index contributed by atoms with van der Waals surface area (Å²) in [4.78, 5) is 40.3. The lowest BCUT2D eigenvalue weighted by Crippen LogP contribution is -2.38. The molecule has 10 nitrogen and oxygen atoms in total. The number of carbonyl (C=O) groups is 2. The molecule has 0 aliphatic carbocycles. The van der Waals surface area contributed by atoms with Crippen LogP contribution in [0.4, 0.5) is 4.79 Å². The summed E-state index contributed by atoms with van der Waals surface area (Å²) in [5.74, 6) is -1.05. The fourth-order valence-corrected chi connectivity index (χ4v) is 4.02. The highest BCUT2D eigenvalue weighted by Crippen LogP contribution is 2.29. The number of nitrogens with one attached hydrogen (secondary N) is 1. The molecule has 3 atom stereocenters. The van der Waals surface area contributed by atoms with Gasteiger partial charge in [-0.3, -0.25) is 14.3 Å².